The van der Waals surface area contributed by atoms with Gasteiger partial charge in [-0.1, -0.05) is 61.9 Å². The highest BCUT2D eigenvalue weighted by Crippen LogP contribution is 2.19. The summed E-state index contributed by atoms with van der Waals surface area (Å²) < 4.78 is 0. The van der Waals surface area contributed by atoms with E-state index in [0.717, 1.165) is 29.9 Å². The van der Waals surface area contributed by atoms with E-state index in [9.17, 15) is 9.59 Å². The van der Waals surface area contributed by atoms with E-state index in [1.807, 2.05) is 65.6 Å². The molecular formula is C27H31N5O2. The van der Waals surface area contributed by atoms with E-state index in [1.165, 1.54) is 0 Å². The maximum absolute atomic E-state index is 13.0. The Labute approximate surface area is 201 Å². The lowest BCUT2D eigenvalue weighted by atomic mass is 10.1. The first-order valence-electron chi connectivity index (χ1n) is 11.9. The second-order valence-corrected chi connectivity index (χ2v) is 8.46. The molecule has 1 fully saturated rings. The van der Waals surface area contributed by atoms with Crippen molar-refractivity contribution < 1.29 is 9.59 Å². The molecule has 176 valence electrons. The van der Waals surface area contributed by atoms with Crippen molar-refractivity contribution in [2.75, 3.05) is 44.2 Å². The molecule has 3 aromatic rings. The molecular weight excluding hydrogens is 426 g/mol. The van der Waals surface area contributed by atoms with Gasteiger partial charge in [0.05, 0.1) is 5.69 Å². The molecule has 1 aliphatic rings. The van der Waals surface area contributed by atoms with Crippen LogP contribution in [0.3, 0.4) is 0 Å². The van der Waals surface area contributed by atoms with Gasteiger partial charge in [0.2, 0.25) is 5.91 Å². The Balaban J connectivity index is 1.33. The number of carbonyl (C=O) groups is 2. The molecule has 7 nitrogen and oxygen atoms in total. The van der Waals surface area contributed by atoms with E-state index in [0.29, 0.717) is 38.3 Å². The van der Waals surface area contributed by atoms with Crippen LogP contribution in [0, 0.1) is 0 Å². The number of unbranched alkanes of at least 4 members (excludes halogenated alkanes) is 1. The number of hydrogen-bond acceptors (Lipinski definition) is 5. The highest BCUT2D eigenvalue weighted by molar-refractivity contribution is 5.96. The third-order valence-electron chi connectivity index (χ3n) is 6.09. The van der Waals surface area contributed by atoms with Gasteiger partial charge in [-0.15, -0.1) is 10.2 Å². The lowest BCUT2D eigenvalue weighted by molar-refractivity contribution is -0.132. The van der Waals surface area contributed by atoms with Crippen molar-refractivity contribution in [1.82, 2.24) is 20.0 Å². The van der Waals surface area contributed by atoms with E-state index in [-0.39, 0.29) is 18.4 Å². The first-order valence-corrected chi connectivity index (χ1v) is 11.9. The van der Waals surface area contributed by atoms with Gasteiger partial charge in [0.15, 0.2) is 5.82 Å². The smallest absolute Gasteiger partial charge is 0.254 e. The zero-order valence-electron chi connectivity index (χ0n) is 19.6. The minimum Gasteiger partial charge on any atom is -0.352 e. The standard InChI is InChI=1S/C27H31N5O2/c1-2-3-16-32(27(34)23-12-8-5-9-13-23)21-26(33)31-19-17-30(18-20-31)25-15-14-24(28-29-25)22-10-6-4-7-11-22/h4-15H,2-3,16-21H2,1H3. The fourth-order valence-electron chi connectivity index (χ4n) is 4.07. The summed E-state index contributed by atoms with van der Waals surface area (Å²) in [6.07, 6.45) is 1.84. The molecule has 0 N–H and O–H groups in total. The average molecular weight is 458 g/mol. The molecule has 0 bridgehead atoms. The molecule has 0 saturated carbocycles. The second-order valence-electron chi connectivity index (χ2n) is 8.46. The summed E-state index contributed by atoms with van der Waals surface area (Å²) in [5.41, 5.74) is 2.50. The summed E-state index contributed by atoms with van der Waals surface area (Å²) in [5, 5.41) is 8.79. The van der Waals surface area contributed by atoms with Crippen LogP contribution in [0.15, 0.2) is 72.8 Å². The SMILES string of the molecule is CCCCN(CC(=O)N1CCN(c2ccc(-c3ccccc3)nn2)CC1)C(=O)c1ccccc1. The molecule has 2 amide bonds. The van der Waals surface area contributed by atoms with Gasteiger partial charge in [-0.25, -0.2) is 0 Å². The number of hydrogen-bond donors (Lipinski definition) is 0. The van der Waals surface area contributed by atoms with Crippen molar-refractivity contribution in [3.05, 3.63) is 78.4 Å². The van der Waals surface area contributed by atoms with Gasteiger partial charge >= 0.3 is 0 Å². The molecule has 1 aromatic heterocycles. The number of anilines is 1. The molecule has 7 heteroatoms. The Morgan fingerprint density at radius 2 is 1.53 bits per heavy atom. The van der Waals surface area contributed by atoms with Crippen LogP contribution in [-0.4, -0.2) is 71.1 Å². The summed E-state index contributed by atoms with van der Waals surface area (Å²) in [7, 11) is 0. The molecule has 4 rings (SSSR count). The van der Waals surface area contributed by atoms with E-state index in [1.54, 1.807) is 17.0 Å². The van der Waals surface area contributed by atoms with Crippen LogP contribution >= 0.6 is 0 Å². The molecule has 0 aliphatic carbocycles. The van der Waals surface area contributed by atoms with Gasteiger partial charge in [0.25, 0.3) is 5.91 Å². The van der Waals surface area contributed by atoms with Crippen LogP contribution in [0.1, 0.15) is 30.1 Å². The predicted octanol–water partition coefficient (Wildman–Crippen LogP) is 3.73. The number of carbonyl (C=O) groups excluding carboxylic acids is 2. The minimum absolute atomic E-state index is 0.00876. The predicted molar refractivity (Wildman–Crippen MR) is 134 cm³/mol. The van der Waals surface area contributed by atoms with Crippen LogP contribution in [0.4, 0.5) is 5.82 Å². The first-order chi connectivity index (χ1) is 16.7. The lowest BCUT2D eigenvalue weighted by Gasteiger charge is -2.36. The van der Waals surface area contributed by atoms with Gasteiger partial charge in [0.1, 0.15) is 6.54 Å². The molecule has 0 unspecified atom stereocenters. The fourth-order valence-corrected chi connectivity index (χ4v) is 4.07. The summed E-state index contributed by atoms with van der Waals surface area (Å²) in [6, 6.07) is 23.1. The summed E-state index contributed by atoms with van der Waals surface area (Å²) >= 11 is 0. The third-order valence-corrected chi connectivity index (χ3v) is 6.09. The van der Waals surface area contributed by atoms with E-state index >= 15 is 0 Å². The number of piperazine rings is 1. The summed E-state index contributed by atoms with van der Waals surface area (Å²) in [5.74, 6) is 0.718. The largest absolute Gasteiger partial charge is 0.352 e. The third kappa shape index (κ3) is 5.78. The van der Waals surface area contributed by atoms with E-state index in [4.69, 9.17) is 0 Å². The van der Waals surface area contributed by atoms with Crippen molar-refractivity contribution in [3.63, 3.8) is 0 Å². The van der Waals surface area contributed by atoms with E-state index < -0.39 is 0 Å². The normalized spacial score (nSPS) is 13.6. The Morgan fingerprint density at radius 3 is 2.15 bits per heavy atom. The number of amides is 2. The maximum Gasteiger partial charge on any atom is 0.254 e. The summed E-state index contributed by atoms with van der Waals surface area (Å²) in [4.78, 5) is 31.7. The Hall–Kier alpha value is -3.74. The second kappa shape index (κ2) is 11.4. The monoisotopic (exact) mass is 457 g/mol. The molecule has 0 atom stereocenters. The molecule has 0 radical (unpaired) electrons. The molecule has 0 spiro atoms. The van der Waals surface area contributed by atoms with Crippen LogP contribution in [0.25, 0.3) is 11.3 Å². The minimum atomic E-state index is -0.0881. The van der Waals surface area contributed by atoms with Gasteiger partial charge in [-0.3, -0.25) is 9.59 Å². The number of aromatic nitrogens is 2. The first kappa shape index (κ1) is 23.4. The van der Waals surface area contributed by atoms with Crippen molar-refractivity contribution in [2.45, 2.75) is 19.8 Å². The highest BCUT2D eigenvalue weighted by atomic mass is 16.2. The number of benzene rings is 2. The van der Waals surface area contributed by atoms with Gasteiger partial charge in [0, 0.05) is 43.9 Å². The number of nitrogens with zero attached hydrogens (tertiary/aromatic N) is 5. The zero-order chi connectivity index (χ0) is 23.8. The molecule has 1 aliphatic heterocycles. The topological polar surface area (TPSA) is 69.6 Å². The Bertz CT molecular complexity index is 1070. The molecule has 2 aromatic carbocycles. The van der Waals surface area contributed by atoms with Crippen LogP contribution < -0.4 is 4.90 Å². The van der Waals surface area contributed by atoms with Crippen molar-refractivity contribution in [1.29, 1.82) is 0 Å². The van der Waals surface area contributed by atoms with Crippen LogP contribution in [0.2, 0.25) is 0 Å². The quantitative estimate of drug-likeness (QED) is 0.516. The van der Waals surface area contributed by atoms with Crippen LogP contribution in [0.5, 0.6) is 0 Å². The van der Waals surface area contributed by atoms with Crippen LogP contribution in [-0.2, 0) is 4.79 Å². The zero-order valence-corrected chi connectivity index (χ0v) is 19.6. The van der Waals surface area contributed by atoms with Crippen molar-refractivity contribution in [3.8, 4) is 11.3 Å². The van der Waals surface area contributed by atoms with Gasteiger partial charge in [-0.2, -0.15) is 0 Å². The molecule has 34 heavy (non-hydrogen) atoms. The number of rotatable bonds is 8. The van der Waals surface area contributed by atoms with Gasteiger partial charge < -0.3 is 14.7 Å². The fraction of sp³-hybridized carbons (Fsp3) is 0.333. The van der Waals surface area contributed by atoms with E-state index in [2.05, 4.69) is 22.0 Å². The van der Waals surface area contributed by atoms with Crippen molar-refractivity contribution in [2.24, 2.45) is 0 Å². The highest BCUT2D eigenvalue weighted by Gasteiger charge is 2.25. The Kier molecular flexibility index (Phi) is 7.86. The lowest BCUT2D eigenvalue weighted by Crippen LogP contribution is -2.52. The molecule has 1 saturated heterocycles. The maximum atomic E-state index is 13.0. The summed E-state index contributed by atoms with van der Waals surface area (Å²) in [6.45, 7) is 5.35. The average Bonchev–Trinajstić information content (AvgIpc) is 2.91. The van der Waals surface area contributed by atoms with Crippen molar-refractivity contribution >= 4 is 17.6 Å². The molecule has 2 heterocycles. The van der Waals surface area contributed by atoms with Gasteiger partial charge in [-0.05, 0) is 30.7 Å². The Morgan fingerprint density at radius 1 is 0.853 bits per heavy atom.